The van der Waals surface area contributed by atoms with Crippen LogP contribution in [-0.4, -0.2) is 42.3 Å². The van der Waals surface area contributed by atoms with Crippen LogP contribution in [0, 0.1) is 5.82 Å². The third-order valence-electron chi connectivity index (χ3n) is 5.11. The van der Waals surface area contributed by atoms with Crippen LogP contribution in [-0.2, 0) is 13.0 Å². The summed E-state index contributed by atoms with van der Waals surface area (Å²) < 4.78 is 14.4. The summed E-state index contributed by atoms with van der Waals surface area (Å²) in [6.45, 7) is 6.12. The molecule has 0 bridgehead atoms. The smallest absolute Gasteiger partial charge is 0.131 e. The van der Waals surface area contributed by atoms with Crippen molar-refractivity contribution in [1.29, 1.82) is 0 Å². The average Bonchev–Trinajstić information content (AvgIpc) is 3.19. The molecular weight excluding hydrogens is 327 g/mol. The van der Waals surface area contributed by atoms with Gasteiger partial charge in [0.2, 0.25) is 0 Å². The topological polar surface area (TPSA) is 35.5 Å². The molecule has 140 valence electrons. The Morgan fingerprint density at radius 1 is 1.12 bits per heavy atom. The van der Waals surface area contributed by atoms with Crippen molar-refractivity contribution in [3.05, 3.63) is 59.4 Å². The highest BCUT2D eigenvalue weighted by atomic mass is 19.1. The standard InChI is InChI=1S/C22H29FN2O/c1-17(16-26)24-15-19-7-8-22(23)21(14-19)20-6-4-5-18(13-20)9-12-25-10-2-3-11-25/h4-8,13-14,17,24,26H,2-3,9-12,15-16H2,1H3/t17-/m0/s1. The molecule has 2 aromatic rings. The molecule has 0 amide bonds. The second kappa shape index (κ2) is 9.26. The maximum atomic E-state index is 14.4. The lowest BCUT2D eigenvalue weighted by Crippen LogP contribution is -2.28. The largest absolute Gasteiger partial charge is 0.395 e. The molecule has 1 aliphatic heterocycles. The van der Waals surface area contributed by atoms with Gasteiger partial charge in [0, 0.05) is 24.7 Å². The number of halogens is 1. The van der Waals surface area contributed by atoms with E-state index in [9.17, 15) is 4.39 Å². The number of aliphatic hydroxyl groups is 1. The van der Waals surface area contributed by atoms with Crippen molar-refractivity contribution in [2.24, 2.45) is 0 Å². The fraction of sp³-hybridized carbons (Fsp3) is 0.455. The van der Waals surface area contributed by atoms with Crippen molar-refractivity contribution in [2.45, 2.75) is 38.8 Å². The van der Waals surface area contributed by atoms with E-state index in [-0.39, 0.29) is 18.5 Å². The van der Waals surface area contributed by atoms with E-state index in [1.54, 1.807) is 6.07 Å². The summed E-state index contributed by atoms with van der Waals surface area (Å²) in [4.78, 5) is 2.50. The van der Waals surface area contributed by atoms with Crippen molar-refractivity contribution in [3.8, 4) is 11.1 Å². The van der Waals surface area contributed by atoms with Crippen LogP contribution in [0.25, 0.3) is 11.1 Å². The molecule has 3 rings (SSSR count). The zero-order valence-electron chi connectivity index (χ0n) is 15.5. The maximum absolute atomic E-state index is 14.4. The number of likely N-dealkylation sites (tertiary alicyclic amines) is 1. The summed E-state index contributed by atoms with van der Waals surface area (Å²) in [6.07, 6.45) is 3.62. The minimum absolute atomic E-state index is 0.0254. The molecule has 2 N–H and O–H groups in total. The summed E-state index contributed by atoms with van der Waals surface area (Å²) in [7, 11) is 0. The Labute approximate surface area is 155 Å². The van der Waals surface area contributed by atoms with Crippen molar-refractivity contribution < 1.29 is 9.50 Å². The van der Waals surface area contributed by atoms with Gasteiger partial charge in [-0.15, -0.1) is 0 Å². The van der Waals surface area contributed by atoms with Gasteiger partial charge >= 0.3 is 0 Å². The van der Waals surface area contributed by atoms with E-state index in [2.05, 4.69) is 22.3 Å². The molecular formula is C22H29FN2O. The Bertz CT molecular complexity index is 713. The van der Waals surface area contributed by atoms with Gasteiger partial charge in [-0.1, -0.05) is 30.3 Å². The van der Waals surface area contributed by atoms with Crippen LogP contribution in [0.4, 0.5) is 4.39 Å². The molecule has 1 heterocycles. The Morgan fingerprint density at radius 2 is 1.92 bits per heavy atom. The van der Waals surface area contributed by atoms with E-state index >= 15 is 0 Å². The molecule has 3 nitrogen and oxygen atoms in total. The number of nitrogens with zero attached hydrogens (tertiary/aromatic N) is 1. The molecule has 0 aliphatic carbocycles. The first kappa shape index (κ1) is 19.0. The quantitative estimate of drug-likeness (QED) is 0.759. The van der Waals surface area contributed by atoms with Gasteiger partial charge < -0.3 is 15.3 Å². The third-order valence-corrected chi connectivity index (χ3v) is 5.11. The molecule has 0 unspecified atom stereocenters. The van der Waals surface area contributed by atoms with Crippen LogP contribution in [0.2, 0.25) is 0 Å². The molecule has 4 heteroatoms. The van der Waals surface area contributed by atoms with Crippen molar-refractivity contribution in [3.63, 3.8) is 0 Å². The van der Waals surface area contributed by atoms with Gasteiger partial charge in [-0.25, -0.2) is 4.39 Å². The lowest BCUT2D eigenvalue weighted by Gasteiger charge is -2.15. The summed E-state index contributed by atoms with van der Waals surface area (Å²) >= 11 is 0. The molecule has 26 heavy (non-hydrogen) atoms. The zero-order valence-corrected chi connectivity index (χ0v) is 15.5. The molecule has 0 saturated carbocycles. The molecule has 1 atom stereocenters. The van der Waals surface area contributed by atoms with Gasteiger partial charge in [0.05, 0.1) is 6.61 Å². The first-order valence-corrected chi connectivity index (χ1v) is 9.60. The minimum Gasteiger partial charge on any atom is -0.395 e. The molecule has 0 aromatic heterocycles. The van der Waals surface area contributed by atoms with Gasteiger partial charge in [-0.2, -0.15) is 0 Å². The first-order valence-electron chi connectivity index (χ1n) is 9.60. The zero-order chi connectivity index (χ0) is 18.4. The second-order valence-corrected chi connectivity index (χ2v) is 7.28. The van der Waals surface area contributed by atoms with Crippen LogP contribution in [0.15, 0.2) is 42.5 Å². The molecule has 1 saturated heterocycles. The molecule has 0 radical (unpaired) electrons. The van der Waals surface area contributed by atoms with Crippen LogP contribution < -0.4 is 5.32 Å². The summed E-state index contributed by atoms with van der Waals surface area (Å²) in [5.74, 6) is -0.194. The highest BCUT2D eigenvalue weighted by Gasteiger charge is 2.12. The van der Waals surface area contributed by atoms with Crippen molar-refractivity contribution in [1.82, 2.24) is 10.2 Å². The van der Waals surface area contributed by atoms with Crippen LogP contribution in [0.1, 0.15) is 30.9 Å². The Hall–Kier alpha value is -1.75. The monoisotopic (exact) mass is 356 g/mol. The van der Waals surface area contributed by atoms with Gasteiger partial charge in [-0.3, -0.25) is 0 Å². The molecule has 0 spiro atoms. The highest BCUT2D eigenvalue weighted by molar-refractivity contribution is 5.65. The van der Waals surface area contributed by atoms with E-state index < -0.39 is 0 Å². The van der Waals surface area contributed by atoms with E-state index in [1.807, 2.05) is 25.1 Å². The van der Waals surface area contributed by atoms with Crippen molar-refractivity contribution >= 4 is 0 Å². The summed E-state index contributed by atoms with van der Waals surface area (Å²) in [6, 6.07) is 13.5. The molecule has 1 fully saturated rings. The SMILES string of the molecule is C[C@@H](CO)NCc1ccc(F)c(-c2cccc(CCN3CCCC3)c2)c1. The minimum atomic E-state index is -0.194. The highest BCUT2D eigenvalue weighted by Crippen LogP contribution is 2.25. The number of aliphatic hydroxyl groups excluding tert-OH is 1. The van der Waals surface area contributed by atoms with E-state index in [1.165, 1.54) is 37.6 Å². The number of rotatable bonds is 8. The Balaban J connectivity index is 1.71. The number of hydrogen-bond donors (Lipinski definition) is 2. The van der Waals surface area contributed by atoms with Gasteiger partial charge in [0.1, 0.15) is 5.82 Å². The third kappa shape index (κ3) is 5.13. The fourth-order valence-corrected chi connectivity index (χ4v) is 3.45. The van der Waals surface area contributed by atoms with Gasteiger partial charge in [-0.05, 0) is 68.1 Å². The van der Waals surface area contributed by atoms with E-state index in [4.69, 9.17) is 5.11 Å². The van der Waals surface area contributed by atoms with E-state index in [0.29, 0.717) is 12.1 Å². The first-order chi connectivity index (χ1) is 12.7. The average molecular weight is 356 g/mol. The van der Waals surface area contributed by atoms with Crippen LogP contribution >= 0.6 is 0 Å². The van der Waals surface area contributed by atoms with Crippen molar-refractivity contribution in [2.75, 3.05) is 26.2 Å². The predicted octanol–water partition coefficient (Wildman–Crippen LogP) is 3.60. The second-order valence-electron chi connectivity index (χ2n) is 7.28. The summed E-state index contributed by atoms with van der Waals surface area (Å²) in [5.41, 5.74) is 3.85. The number of nitrogens with one attached hydrogen (secondary N) is 1. The number of benzene rings is 2. The van der Waals surface area contributed by atoms with E-state index in [0.717, 1.165) is 24.1 Å². The van der Waals surface area contributed by atoms with Crippen LogP contribution in [0.3, 0.4) is 0 Å². The Morgan fingerprint density at radius 3 is 2.69 bits per heavy atom. The normalized spacial score (nSPS) is 16.1. The predicted molar refractivity (Wildman–Crippen MR) is 105 cm³/mol. The molecule has 1 aliphatic rings. The lowest BCUT2D eigenvalue weighted by molar-refractivity contribution is 0.251. The number of hydrogen-bond acceptors (Lipinski definition) is 3. The lowest BCUT2D eigenvalue weighted by atomic mass is 9.99. The van der Waals surface area contributed by atoms with Gasteiger partial charge in [0.25, 0.3) is 0 Å². The van der Waals surface area contributed by atoms with Crippen LogP contribution in [0.5, 0.6) is 0 Å². The molecule has 2 aromatic carbocycles. The summed E-state index contributed by atoms with van der Waals surface area (Å²) in [5, 5.41) is 12.4. The van der Waals surface area contributed by atoms with Gasteiger partial charge in [0.15, 0.2) is 0 Å². The maximum Gasteiger partial charge on any atom is 0.131 e. The fourth-order valence-electron chi connectivity index (χ4n) is 3.45. The Kier molecular flexibility index (Phi) is 6.78.